The first-order chi connectivity index (χ1) is 14.2. The maximum atomic E-state index is 13.0. The topological polar surface area (TPSA) is 105 Å². The second-order valence-corrected chi connectivity index (χ2v) is 7.30. The predicted octanol–water partition coefficient (Wildman–Crippen LogP) is 2.75. The number of carbonyl (C=O) groups excluding carboxylic acids is 2. The molecule has 0 spiro atoms. The summed E-state index contributed by atoms with van der Waals surface area (Å²) in [5, 5.41) is 11.3. The molecule has 7 nitrogen and oxygen atoms in total. The second-order valence-electron chi connectivity index (χ2n) is 7.30. The number of hydrogen-bond acceptors (Lipinski definition) is 5. The zero-order valence-corrected chi connectivity index (χ0v) is 17.3. The molecular formula is C23H27NO6. The van der Waals surface area contributed by atoms with Crippen LogP contribution in [-0.2, 0) is 23.9 Å². The summed E-state index contributed by atoms with van der Waals surface area (Å²) in [6.45, 7) is 5.49. The fourth-order valence-corrected chi connectivity index (χ4v) is 2.83. The number of rotatable bonds is 10. The zero-order chi connectivity index (χ0) is 22.1. The van der Waals surface area contributed by atoms with Crippen molar-refractivity contribution in [2.75, 3.05) is 6.61 Å². The minimum Gasteiger partial charge on any atom is -0.478 e. The van der Waals surface area contributed by atoms with Crippen LogP contribution in [0, 0.1) is 0 Å². The van der Waals surface area contributed by atoms with Gasteiger partial charge in [-0.2, -0.15) is 0 Å². The van der Waals surface area contributed by atoms with Gasteiger partial charge >= 0.3 is 11.9 Å². The summed E-state index contributed by atoms with van der Waals surface area (Å²) in [7, 11) is 0. The SMILES string of the molecule is CC(=O)N[C@H](C(=O)O[C@H](/C=C/C=C\C=C\C(=O)O)[C@]1(C)CO1)C(C)c1ccccc1. The maximum absolute atomic E-state index is 13.0. The van der Waals surface area contributed by atoms with Crippen molar-refractivity contribution < 1.29 is 29.0 Å². The van der Waals surface area contributed by atoms with Gasteiger partial charge in [0, 0.05) is 18.9 Å². The average Bonchev–Trinajstić information content (AvgIpc) is 3.46. The number of ether oxygens (including phenoxy) is 2. The van der Waals surface area contributed by atoms with Crippen LogP contribution in [0.1, 0.15) is 32.3 Å². The zero-order valence-electron chi connectivity index (χ0n) is 17.3. The minimum absolute atomic E-state index is 0.291. The van der Waals surface area contributed by atoms with Gasteiger partial charge in [-0.15, -0.1) is 0 Å². The van der Waals surface area contributed by atoms with Crippen LogP contribution in [0.25, 0.3) is 0 Å². The highest BCUT2D eigenvalue weighted by Crippen LogP contribution is 2.33. The van der Waals surface area contributed by atoms with Gasteiger partial charge in [-0.1, -0.05) is 61.6 Å². The standard InChI is InChI=1S/C23H27NO6/c1-16(18-11-7-6-8-12-18)21(24-17(2)25)22(28)30-19(23(3)15-29-23)13-9-4-5-10-14-20(26)27/h4-14,16,19,21H,15H2,1-3H3,(H,24,25)(H,26,27)/b5-4-,13-9+,14-10+/t16?,19-,21+,23+/m1/s1. The van der Waals surface area contributed by atoms with Crippen LogP contribution in [0.3, 0.4) is 0 Å². The molecule has 1 aliphatic heterocycles. The van der Waals surface area contributed by atoms with Crippen molar-refractivity contribution in [1.82, 2.24) is 5.32 Å². The Labute approximate surface area is 176 Å². The quantitative estimate of drug-likeness (QED) is 0.264. The van der Waals surface area contributed by atoms with E-state index >= 15 is 0 Å². The van der Waals surface area contributed by atoms with E-state index in [4.69, 9.17) is 14.6 Å². The lowest BCUT2D eigenvalue weighted by molar-refractivity contribution is -0.154. The maximum Gasteiger partial charge on any atom is 0.329 e. The van der Waals surface area contributed by atoms with E-state index in [1.807, 2.05) is 44.2 Å². The number of carbonyl (C=O) groups is 3. The summed E-state index contributed by atoms with van der Waals surface area (Å²) in [6, 6.07) is 8.57. The van der Waals surface area contributed by atoms with Gasteiger partial charge in [0.25, 0.3) is 0 Å². The summed E-state index contributed by atoms with van der Waals surface area (Å²) in [4.78, 5) is 35.1. The smallest absolute Gasteiger partial charge is 0.329 e. The molecule has 1 aliphatic rings. The molecule has 4 atom stereocenters. The van der Waals surface area contributed by atoms with Gasteiger partial charge in [-0.05, 0) is 18.6 Å². The van der Waals surface area contributed by atoms with E-state index in [0.717, 1.165) is 11.6 Å². The minimum atomic E-state index is -1.04. The first-order valence-electron chi connectivity index (χ1n) is 9.64. The molecule has 1 heterocycles. The van der Waals surface area contributed by atoms with E-state index in [-0.39, 0.29) is 11.8 Å². The first-order valence-corrected chi connectivity index (χ1v) is 9.64. The number of amides is 1. The number of hydrogen-bond donors (Lipinski definition) is 2. The molecule has 2 rings (SSSR count). The fraction of sp³-hybridized carbons (Fsp3) is 0.348. The Bertz CT molecular complexity index is 839. The third-order valence-electron chi connectivity index (χ3n) is 4.74. The van der Waals surface area contributed by atoms with Gasteiger partial charge in [0.05, 0.1) is 6.61 Å². The molecule has 7 heteroatoms. The molecule has 1 fully saturated rings. The molecule has 0 aliphatic carbocycles. The third-order valence-corrected chi connectivity index (χ3v) is 4.74. The Hall–Kier alpha value is -3.19. The Kier molecular flexibility index (Phi) is 8.12. The number of epoxide rings is 1. The van der Waals surface area contributed by atoms with Crippen LogP contribution >= 0.6 is 0 Å². The third kappa shape index (κ3) is 7.00. The Balaban J connectivity index is 2.13. The number of aliphatic carboxylic acids is 1. The van der Waals surface area contributed by atoms with Crippen LogP contribution in [0.4, 0.5) is 0 Å². The number of esters is 1. The molecule has 1 unspecified atom stereocenters. The monoisotopic (exact) mass is 413 g/mol. The Morgan fingerprint density at radius 2 is 1.80 bits per heavy atom. The summed E-state index contributed by atoms with van der Waals surface area (Å²) in [5.74, 6) is -2.20. The molecule has 30 heavy (non-hydrogen) atoms. The fourth-order valence-electron chi connectivity index (χ4n) is 2.83. The highest BCUT2D eigenvalue weighted by molar-refractivity contribution is 5.84. The van der Waals surface area contributed by atoms with Crippen LogP contribution in [0.2, 0.25) is 0 Å². The Morgan fingerprint density at radius 1 is 1.17 bits per heavy atom. The molecule has 1 saturated heterocycles. The molecule has 1 amide bonds. The van der Waals surface area contributed by atoms with E-state index in [1.54, 1.807) is 24.3 Å². The van der Waals surface area contributed by atoms with Crippen LogP contribution in [0.15, 0.2) is 66.8 Å². The molecule has 160 valence electrons. The number of carboxylic acids is 1. The number of carboxylic acid groups (broad SMARTS) is 1. The summed E-state index contributed by atoms with van der Waals surface area (Å²) >= 11 is 0. The number of allylic oxidation sites excluding steroid dienone is 4. The molecule has 0 radical (unpaired) electrons. The number of nitrogens with one attached hydrogen (secondary N) is 1. The summed E-state index contributed by atoms with van der Waals surface area (Å²) in [5.41, 5.74) is 0.274. The van der Waals surface area contributed by atoms with Gasteiger partial charge in [0.2, 0.25) is 5.91 Å². The van der Waals surface area contributed by atoms with Crippen molar-refractivity contribution in [2.45, 2.75) is 44.4 Å². The predicted molar refractivity (Wildman–Crippen MR) is 112 cm³/mol. The normalized spacial score (nSPS) is 21.4. The lowest BCUT2D eigenvalue weighted by atomic mass is 9.93. The molecule has 0 bridgehead atoms. The number of benzene rings is 1. The van der Waals surface area contributed by atoms with Crippen LogP contribution < -0.4 is 5.32 Å². The van der Waals surface area contributed by atoms with E-state index in [9.17, 15) is 14.4 Å². The van der Waals surface area contributed by atoms with Gasteiger partial charge in [0.15, 0.2) is 6.10 Å². The van der Waals surface area contributed by atoms with Crippen molar-refractivity contribution in [3.05, 3.63) is 72.4 Å². The lowest BCUT2D eigenvalue weighted by Crippen LogP contribution is -2.46. The van der Waals surface area contributed by atoms with Crippen molar-refractivity contribution >= 4 is 17.8 Å². The lowest BCUT2D eigenvalue weighted by Gasteiger charge is -2.26. The average molecular weight is 413 g/mol. The van der Waals surface area contributed by atoms with E-state index in [0.29, 0.717) is 6.61 Å². The van der Waals surface area contributed by atoms with Crippen LogP contribution in [-0.4, -0.2) is 47.3 Å². The molecular weight excluding hydrogens is 386 g/mol. The Morgan fingerprint density at radius 3 is 2.37 bits per heavy atom. The second kappa shape index (κ2) is 10.5. The van der Waals surface area contributed by atoms with Crippen molar-refractivity contribution in [3.8, 4) is 0 Å². The van der Waals surface area contributed by atoms with Gasteiger partial charge in [-0.3, -0.25) is 4.79 Å². The highest BCUT2D eigenvalue weighted by atomic mass is 16.6. The first kappa shape index (κ1) is 23.1. The largest absolute Gasteiger partial charge is 0.478 e. The molecule has 0 aromatic heterocycles. The van der Waals surface area contributed by atoms with Gasteiger partial charge in [-0.25, -0.2) is 9.59 Å². The molecule has 0 saturated carbocycles. The van der Waals surface area contributed by atoms with Crippen molar-refractivity contribution in [3.63, 3.8) is 0 Å². The molecule has 2 N–H and O–H groups in total. The molecule has 1 aromatic carbocycles. The summed E-state index contributed by atoms with van der Waals surface area (Å²) in [6.07, 6.45) is 8.26. The molecule has 1 aromatic rings. The van der Waals surface area contributed by atoms with Crippen molar-refractivity contribution in [2.24, 2.45) is 0 Å². The van der Waals surface area contributed by atoms with E-state index in [2.05, 4.69) is 5.32 Å². The van der Waals surface area contributed by atoms with E-state index in [1.165, 1.54) is 13.0 Å². The van der Waals surface area contributed by atoms with E-state index < -0.39 is 29.7 Å². The van der Waals surface area contributed by atoms with Crippen molar-refractivity contribution in [1.29, 1.82) is 0 Å². The van der Waals surface area contributed by atoms with Gasteiger partial charge < -0.3 is 19.9 Å². The summed E-state index contributed by atoms with van der Waals surface area (Å²) < 4.78 is 11.2. The van der Waals surface area contributed by atoms with Crippen LogP contribution in [0.5, 0.6) is 0 Å². The highest BCUT2D eigenvalue weighted by Gasteiger charge is 2.49. The van der Waals surface area contributed by atoms with Gasteiger partial charge in [0.1, 0.15) is 11.6 Å².